The Morgan fingerprint density at radius 1 is 1.27 bits per heavy atom. The van der Waals surface area contributed by atoms with Gasteiger partial charge in [0.05, 0.1) is 11.6 Å². The summed E-state index contributed by atoms with van der Waals surface area (Å²) in [5.74, 6) is 0. The van der Waals surface area contributed by atoms with Gasteiger partial charge in [0.1, 0.15) is 0 Å². The molecule has 0 saturated carbocycles. The molecule has 124 valence electrons. The summed E-state index contributed by atoms with van der Waals surface area (Å²) in [5.41, 5.74) is 0.0565. The Bertz CT molecular complexity index is 435. The van der Waals surface area contributed by atoms with Gasteiger partial charge in [-0.05, 0) is 52.4 Å². The van der Waals surface area contributed by atoms with E-state index < -0.39 is 0 Å². The Labute approximate surface area is 133 Å². The molecule has 5 nitrogen and oxygen atoms in total. The fourth-order valence-electron chi connectivity index (χ4n) is 5.35. The van der Waals surface area contributed by atoms with Crippen molar-refractivity contribution in [3.63, 3.8) is 0 Å². The van der Waals surface area contributed by atoms with E-state index >= 15 is 0 Å². The second kappa shape index (κ2) is 5.38. The van der Waals surface area contributed by atoms with Crippen LogP contribution in [-0.4, -0.2) is 65.3 Å². The molecule has 3 atom stereocenters. The minimum Gasteiger partial charge on any atom is -0.376 e. The van der Waals surface area contributed by atoms with E-state index in [1.165, 1.54) is 12.8 Å². The SMILES string of the molecule is CC(C)N1C(=O)N(C[C@H]2CCCO2)CC12CC1CCC(C2)N1. The molecule has 1 spiro atoms. The van der Waals surface area contributed by atoms with Gasteiger partial charge in [0.15, 0.2) is 0 Å². The molecule has 0 radical (unpaired) electrons. The number of nitrogens with one attached hydrogen (secondary N) is 1. The van der Waals surface area contributed by atoms with Crippen LogP contribution in [0.3, 0.4) is 0 Å². The molecule has 0 aromatic rings. The first-order chi connectivity index (χ1) is 10.6. The van der Waals surface area contributed by atoms with E-state index in [2.05, 4.69) is 29.0 Å². The minimum absolute atomic E-state index is 0.0565. The van der Waals surface area contributed by atoms with Gasteiger partial charge in [0.2, 0.25) is 0 Å². The number of urea groups is 1. The number of hydrogen-bond acceptors (Lipinski definition) is 3. The molecule has 5 heteroatoms. The Balaban J connectivity index is 1.56. The second-order valence-electron chi connectivity index (χ2n) is 8.03. The molecule has 4 rings (SSSR count). The van der Waals surface area contributed by atoms with Gasteiger partial charge in [0, 0.05) is 37.8 Å². The lowest BCUT2D eigenvalue weighted by molar-refractivity contribution is 0.0787. The number of hydrogen-bond donors (Lipinski definition) is 1. The molecule has 1 N–H and O–H groups in total. The summed E-state index contributed by atoms with van der Waals surface area (Å²) in [6, 6.07) is 1.73. The zero-order valence-corrected chi connectivity index (χ0v) is 13.9. The van der Waals surface area contributed by atoms with Crippen LogP contribution in [0.4, 0.5) is 4.79 Å². The first kappa shape index (κ1) is 14.8. The monoisotopic (exact) mass is 307 g/mol. The zero-order chi connectivity index (χ0) is 15.3. The summed E-state index contributed by atoms with van der Waals surface area (Å²) in [7, 11) is 0. The number of carbonyl (C=O) groups is 1. The number of amides is 2. The third-order valence-corrected chi connectivity index (χ3v) is 6.02. The number of ether oxygens (including phenoxy) is 1. The average molecular weight is 307 g/mol. The third kappa shape index (κ3) is 2.33. The van der Waals surface area contributed by atoms with Crippen LogP contribution >= 0.6 is 0 Å². The van der Waals surface area contributed by atoms with Crippen LogP contribution in [-0.2, 0) is 4.74 Å². The van der Waals surface area contributed by atoms with Crippen molar-refractivity contribution in [2.24, 2.45) is 0 Å². The molecule has 22 heavy (non-hydrogen) atoms. The van der Waals surface area contributed by atoms with Crippen molar-refractivity contribution < 1.29 is 9.53 Å². The number of fused-ring (bicyclic) bond motifs is 2. The predicted molar refractivity (Wildman–Crippen MR) is 84.8 cm³/mol. The van der Waals surface area contributed by atoms with Crippen LogP contribution in [0.2, 0.25) is 0 Å². The van der Waals surface area contributed by atoms with Crippen LogP contribution in [0.5, 0.6) is 0 Å². The lowest BCUT2D eigenvalue weighted by Crippen LogP contribution is -2.59. The first-order valence-corrected chi connectivity index (χ1v) is 9.03. The van der Waals surface area contributed by atoms with Gasteiger partial charge in [-0.15, -0.1) is 0 Å². The van der Waals surface area contributed by atoms with Crippen LogP contribution in [0.15, 0.2) is 0 Å². The highest BCUT2D eigenvalue weighted by molar-refractivity contribution is 5.78. The van der Waals surface area contributed by atoms with Crippen molar-refractivity contribution in [1.29, 1.82) is 0 Å². The predicted octanol–water partition coefficient (Wildman–Crippen LogP) is 1.96. The molecule has 4 aliphatic rings. The highest BCUT2D eigenvalue weighted by atomic mass is 16.5. The number of carbonyl (C=O) groups excluding carboxylic acids is 1. The fraction of sp³-hybridized carbons (Fsp3) is 0.941. The van der Waals surface area contributed by atoms with Crippen molar-refractivity contribution in [3.8, 4) is 0 Å². The number of nitrogens with zero attached hydrogens (tertiary/aromatic N) is 2. The number of rotatable bonds is 3. The normalized spacial score (nSPS) is 41.4. The molecular formula is C17H29N3O2. The lowest BCUT2D eigenvalue weighted by atomic mass is 9.82. The van der Waals surface area contributed by atoms with Gasteiger partial charge in [0.25, 0.3) is 0 Å². The molecular weight excluding hydrogens is 278 g/mol. The van der Waals surface area contributed by atoms with E-state index in [0.29, 0.717) is 12.1 Å². The van der Waals surface area contributed by atoms with Gasteiger partial charge >= 0.3 is 6.03 Å². The molecule has 4 heterocycles. The topological polar surface area (TPSA) is 44.8 Å². The van der Waals surface area contributed by atoms with Gasteiger partial charge in [-0.1, -0.05) is 0 Å². The van der Waals surface area contributed by atoms with E-state index in [0.717, 1.165) is 45.4 Å². The molecule has 4 aliphatic heterocycles. The van der Waals surface area contributed by atoms with Crippen molar-refractivity contribution in [2.45, 2.75) is 82.1 Å². The molecule has 4 saturated heterocycles. The summed E-state index contributed by atoms with van der Waals surface area (Å²) in [6.07, 6.45) is 7.29. The third-order valence-electron chi connectivity index (χ3n) is 6.02. The Morgan fingerprint density at radius 2 is 2.00 bits per heavy atom. The van der Waals surface area contributed by atoms with E-state index in [9.17, 15) is 4.79 Å². The molecule has 2 bridgehead atoms. The first-order valence-electron chi connectivity index (χ1n) is 9.03. The summed E-state index contributed by atoms with van der Waals surface area (Å²) < 4.78 is 5.76. The summed E-state index contributed by atoms with van der Waals surface area (Å²) in [4.78, 5) is 17.3. The molecule has 2 amide bonds. The minimum atomic E-state index is 0.0565. The average Bonchev–Trinajstić information content (AvgIpc) is 3.12. The van der Waals surface area contributed by atoms with Crippen LogP contribution in [0.1, 0.15) is 52.4 Å². The molecule has 0 aromatic carbocycles. The van der Waals surface area contributed by atoms with Gasteiger partial charge < -0.3 is 19.9 Å². The summed E-state index contributed by atoms with van der Waals surface area (Å²) in [5, 5.41) is 3.72. The van der Waals surface area contributed by atoms with Gasteiger partial charge in [-0.25, -0.2) is 4.79 Å². The Kier molecular flexibility index (Phi) is 3.61. The van der Waals surface area contributed by atoms with Crippen LogP contribution in [0, 0.1) is 0 Å². The van der Waals surface area contributed by atoms with E-state index in [4.69, 9.17) is 4.74 Å². The smallest absolute Gasteiger partial charge is 0.320 e. The van der Waals surface area contributed by atoms with E-state index in [1.54, 1.807) is 0 Å². The second-order valence-corrected chi connectivity index (χ2v) is 8.03. The van der Waals surface area contributed by atoms with Crippen molar-refractivity contribution in [3.05, 3.63) is 0 Å². The van der Waals surface area contributed by atoms with E-state index in [1.807, 2.05) is 0 Å². The van der Waals surface area contributed by atoms with Gasteiger partial charge in [-0.2, -0.15) is 0 Å². The zero-order valence-electron chi connectivity index (χ0n) is 13.9. The quantitative estimate of drug-likeness (QED) is 0.867. The Hall–Kier alpha value is -0.810. The van der Waals surface area contributed by atoms with Crippen molar-refractivity contribution >= 4 is 6.03 Å². The van der Waals surface area contributed by atoms with Crippen LogP contribution < -0.4 is 5.32 Å². The molecule has 4 fully saturated rings. The Morgan fingerprint density at radius 3 is 2.59 bits per heavy atom. The van der Waals surface area contributed by atoms with Crippen molar-refractivity contribution in [1.82, 2.24) is 15.1 Å². The maximum absolute atomic E-state index is 13.0. The maximum atomic E-state index is 13.0. The summed E-state index contributed by atoms with van der Waals surface area (Å²) in [6.45, 7) is 6.88. The van der Waals surface area contributed by atoms with E-state index in [-0.39, 0.29) is 23.7 Å². The molecule has 2 unspecified atom stereocenters. The van der Waals surface area contributed by atoms with Gasteiger partial charge in [-0.3, -0.25) is 0 Å². The largest absolute Gasteiger partial charge is 0.376 e. The van der Waals surface area contributed by atoms with Crippen molar-refractivity contribution in [2.75, 3.05) is 19.7 Å². The van der Waals surface area contributed by atoms with Crippen LogP contribution in [0.25, 0.3) is 0 Å². The lowest BCUT2D eigenvalue weighted by Gasteiger charge is -2.45. The highest BCUT2D eigenvalue weighted by Crippen LogP contribution is 2.43. The standard InChI is InChI=1S/C17H29N3O2/c1-12(2)20-16(21)19(10-15-4-3-7-22-15)11-17(20)8-13-5-6-14(9-17)18-13/h12-15,18H,3-11H2,1-2H3/t13?,14?,15-,17?/m1/s1. The molecule has 0 aromatic heterocycles. The molecule has 0 aliphatic carbocycles. The summed E-state index contributed by atoms with van der Waals surface area (Å²) >= 11 is 0. The number of piperidine rings is 1. The maximum Gasteiger partial charge on any atom is 0.320 e. The fourth-order valence-corrected chi connectivity index (χ4v) is 5.35. The highest BCUT2D eigenvalue weighted by Gasteiger charge is 2.55.